The number of likely N-dealkylation sites (tertiary alicyclic amines) is 1. The number of carbonyl (C=O) groups excluding carboxylic acids is 2. The number of nitrogens with zero attached hydrogens (tertiary/aromatic N) is 2. The van der Waals surface area contributed by atoms with Crippen molar-refractivity contribution in [2.75, 3.05) is 31.6 Å². The molecule has 8 nitrogen and oxygen atoms in total. The maximum Gasteiger partial charge on any atom is 0.321 e. The molecule has 4 rings (SSSR count). The van der Waals surface area contributed by atoms with Gasteiger partial charge in [0, 0.05) is 49.3 Å². The zero-order valence-corrected chi connectivity index (χ0v) is 16.8. The fraction of sp³-hybridized carbons (Fsp3) is 0.409. The number of aromatic nitrogens is 1. The summed E-state index contributed by atoms with van der Waals surface area (Å²) in [5.41, 5.74) is 8.02. The molecule has 1 fully saturated rings. The predicted octanol–water partition coefficient (Wildman–Crippen LogP) is 1.95. The summed E-state index contributed by atoms with van der Waals surface area (Å²) in [6, 6.07) is 10.9. The van der Waals surface area contributed by atoms with Crippen molar-refractivity contribution in [3.05, 3.63) is 54.4 Å². The van der Waals surface area contributed by atoms with Gasteiger partial charge in [-0.2, -0.15) is 0 Å². The van der Waals surface area contributed by atoms with Crippen LogP contribution in [0.2, 0.25) is 0 Å². The summed E-state index contributed by atoms with van der Waals surface area (Å²) in [6.07, 6.45) is 4.92. The summed E-state index contributed by atoms with van der Waals surface area (Å²) >= 11 is 0. The maximum absolute atomic E-state index is 12.6. The lowest BCUT2D eigenvalue weighted by Gasteiger charge is -2.34. The molecule has 1 aromatic heterocycles. The number of hydrogen-bond acceptors (Lipinski definition) is 5. The van der Waals surface area contributed by atoms with E-state index in [1.807, 2.05) is 24.3 Å². The standard InChI is InChI=1S/C22H27N5O3/c23-19(13-25-21(28)18-14-30-20-4-2-1-3-17(18)20)15-7-11-27(12-8-15)22(29)26-16-5-9-24-10-6-16/h1-6,9-10,15,18-19H,7-8,11-14,23H2,(H,25,28)(H,24,26,29). The number of nitrogens with two attached hydrogens (primary N) is 1. The van der Waals surface area contributed by atoms with E-state index in [2.05, 4.69) is 15.6 Å². The van der Waals surface area contributed by atoms with Gasteiger partial charge in [-0.1, -0.05) is 18.2 Å². The van der Waals surface area contributed by atoms with Crippen LogP contribution in [-0.2, 0) is 4.79 Å². The first-order valence-electron chi connectivity index (χ1n) is 10.3. The highest BCUT2D eigenvalue weighted by atomic mass is 16.5. The number of benzene rings is 1. The second-order valence-electron chi connectivity index (χ2n) is 7.80. The minimum Gasteiger partial charge on any atom is -0.492 e. The molecule has 2 aromatic rings. The van der Waals surface area contributed by atoms with E-state index in [-0.39, 0.29) is 29.8 Å². The Morgan fingerprint density at radius 2 is 1.90 bits per heavy atom. The molecule has 0 radical (unpaired) electrons. The Kier molecular flexibility index (Phi) is 6.13. The Balaban J connectivity index is 1.21. The summed E-state index contributed by atoms with van der Waals surface area (Å²) in [6.45, 7) is 2.08. The summed E-state index contributed by atoms with van der Waals surface area (Å²) < 4.78 is 5.59. The number of para-hydroxylation sites is 1. The topological polar surface area (TPSA) is 110 Å². The van der Waals surface area contributed by atoms with Gasteiger partial charge in [0.25, 0.3) is 0 Å². The quantitative estimate of drug-likeness (QED) is 0.699. The number of fused-ring (bicyclic) bond motifs is 1. The number of amides is 3. The fourth-order valence-corrected chi connectivity index (χ4v) is 4.06. The molecule has 4 N–H and O–H groups in total. The average molecular weight is 409 g/mol. The summed E-state index contributed by atoms with van der Waals surface area (Å²) in [4.78, 5) is 30.7. The molecular weight excluding hydrogens is 382 g/mol. The molecule has 158 valence electrons. The van der Waals surface area contributed by atoms with Gasteiger partial charge < -0.3 is 26.0 Å². The third-order valence-electron chi connectivity index (χ3n) is 5.89. The first kappa shape index (κ1) is 20.2. The lowest BCUT2D eigenvalue weighted by molar-refractivity contribution is -0.122. The summed E-state index contributed by atoms with van der Waals surface area (Å²) in [7, 11) is 0. The molecule has 0 aliphatic carbocycles. The monoisotopic (exact) mass is 409 g/mol. The van der Waals surface area contributed by atoms with Crippen LogP contribution in [0.1, 0.15) is 24.3 Å². The van der Waals surface area contributed by atoms with Crippen molar-refractivity contribution in [1.82, 2.24) is 15.2 Å². The fourth-order valence-electron chi connectivity index (χ4n) is 4.06. The molecule has 8 heteroatoms. The summed E-state index contributed by atoms with van der Waals surface area (Å²) in [5, 5.41) is 5.87. The molecular formula is C22H27N5O3. The Morgan fingerprint density at radius 3 is 2.67 bits per heavy atom. The minimum atomic E-state index is -0.285. The number of urea groups is 1. The minimum absolute atomic E-state index is 0.0513. The van der Waals surface area contributed by atoms with E-state index in [4.69, 9.17) is 10.5 Å². The van der Waals surface area contributed by atoms with Gasteiger partial charge in [0.15, 0.2) is 0 Å². The second kappa shape index (κ2) is 9.13. The molecule has 2 aliphatic heterocycles. The number of ether oxygens (including phenoxy) is 1. The van der Waals surface area contributed by atoms with Gasteiger partial charge in [-0.15, -0.1) is 0 Å². The number of hydrogen-bond donors (Lipinski definition) is 3. The molecule has 3 heterocycles. The van der Waals surface area contributed by atoms with Crippen molar-refractivity contribution in [3.8, 4) is 5.75 Å². The van der Waals surface area contributed by atoms with Crippen LogP contribution in [0.25, 0.3) is 0 Å². The van der Waals surface area contributed by atoms with Crippen LogP contribution in [0, 0.1) is 5.92 Å². The van der Waals surface area contributed by atoms with E-state index in [1.54, 1.807) is 29.4 Å². The Hall–Kier alpha value is -3.13. The van der Waals surface area contributed by atoms with Crippen LogP contribution in [0.4, 0.5) is 10.5 Å². The third kappa shape index (κ3) is 4.54. The molecule has 2 aliphatic rings. The van der Waals surface area contributed by atoms with Crippen LogP contribution in [0.5, 0.6) is 5.75 Å². The van der Waals surface area contributed by atoms with E-state index in [0.29, 0.717) is 26.2 Å². The summed E-state index contributed by atoms with van der Waals surface area (Å²) in [5.74, 6) is 0.707. The van der Waals surface area contributed by atoms with Crippen LogP contribution >= 0.6 is 0 Å². The first-order chi connectivity index (χ1) is 14.6. The van der Waals surface area contributed by atoms with Gasteiger partial charge in [-0.3, -0.25) is 9.78 Å². The lowest BCUT2D eigenvalue weighted by Crippen LogP contribution is -2.49. The Morgan fingerprint density at radius 1 is 1.17 bits per heavy atom. The SMILES string of the molecule is NC(CNC(=O)C1COc2ccccc21)C1CCN(C(=O)Nc2ccncc2)CC1. The molecule has 0 spiro atoms. The van der Waals surface area contributed by atoms with Crippen LogP contribution in [0.3, 0.4) is 0 Å². The van der Waals surface area contributed by atoms with Crippen molar-refractivity contribution in [1.29, 1.82) is 0 Å². The zero-order valence-electron chi connectivity index (χ0n) is 16.8. The van der Waals surface area contributed by atoms with Gasteiger partial charge in [0.1, 0.15) is 18.3 Å². The number of piperidine rings is 1. The molecule has 1 saturated heterocycles. The lowest BCUT2D eigenvalue weighted by atomic mass is 9.89. The van der Waals surface area contributed by atoms with Crippen LogP contribution in [-0.4, -0.2) is 54.1 Å². The number of nitrogens with one attached hydrogen (secondary N) is 2. The molecule has 2 atom stereocenters. The number of pyridine rings is 1. The van der Waals surface area contributed by atoms with E-state index in [0.717, 1.165) is 29.8 Å². The van der Waals surface area contributed by atoms with Crippen LogP contribution in [0.15, 0.2) is 48.8 Å². The zero-order chi connectivity index (χ0) is 20.9. The van der Waals surface area contributed by atoms with E-state index < -0.39 is 0 Å². The second-order valence-corrected chi connectivity index (χ2v) is 7.80. The van der Waals surface area contributed by atoms with Gasteiger partial charge in [0.05, 0.1) is 0 Å². The normalized spacial score (nSPS) is 19.5. The van der Waals surface area contributed by atoms with E-state index >= 15 is 0 Å². The van der Waals surface area contributed by atoms with Gasteiger partial charge in [0.2, 0.25) is 5.91 Å². The predicted molar refractivity (Wildman–Crippen MR) is 113 cm³/mol. The molecule has 0 saturated carbocycles. The molecule has 30 heavy (non-hydrogen) atoms. The van der Waals surface area contributed by atoms with E-state index in [1.165, 1.54) is 0 Å². The van der Waals surface area contributed by atoms with Gasteiger partial charge in [-0.25, -0.2) is 4.79 Å². The molecule has 2 unspecified atom stereocenters. The highest BCUT2D eigenvalue weighted by molar-refractivity contribution is 5.89. The molecule has 0 bridgehead atoms. The molecule has 1 aromatic carbocycles. The van der Waals surface area contributed by atoms with Gasteiger partial charge in [-0.05, 0) is 37.0 Å². The highest BCUT2D eigenvalue weighted by Gasteiger charge is 2.31. The number of carbonyl (C=O) groups is 2. The van der Waals surface area contributed by atoms with Crippen LogP contribution < -0.4 is 21.1 Å². The van der Waals surface area contributed by atoms with Gasteiger partial charge >= 0.3 is 6.03 Å². The van der Waals surface area contributed by atoms with Crippen molar-refractivity contribution in [3.63, 3.8) is 0 Å². The average Bonchev–Trinajstić information content (AvgIpc) is 3.22. The Bertz CT molecular complexity index is 883. The van der Waals surface area contributed by atoms with Crippen molar-refractivity contribution < 1.29 is 14.3 Å². The first-order valence-corrected chi connectivity index (χ1v) is 10.3. The van der Waals surface area contributed by atoms with Crippen molar-refractivity contribution >= 4 is 17.6 Å². The third-order valence-corrected chi connectivity index (χ3v) is 5.89. The van der Waals surface area contributed by atoms with Crippen molar-refractivity contribution in [2.45, 2.75) is 24.8 Å². The number of anilines is 1. The molecule has 3 amide bonds. The van der Waals surface area contributed by atoms with E-state index in [9.17, 15) is 9.59 Å². The highest BCUT2D eigenvalue weighted by Crippen LogP contribution is 2.33. The number of rotatable bonds is 5. The van der Waals surface area contributed by atoms with Crippen molar-refractivity contribution in [2.24, 2.45) is 11.7 Å². The Labute approximate surface area is 175 Å². The smallest absolute Gasteiger partial charge is 0.321 e. The maximum atomic E-state index is 12.6. The largest absolute Gasteiger partial charge is 0.492 e.